The summed E-state index contributed by atoms with van der Waals surface area (Å²) in [5, 5.41) is 12.2. The van der Waals surface area contributed by atoms with Gasteiger partial charge in [0.15, 0.2) is 5.65 Å². The monoisotopic (exact) mass is 472 g/mol. The maximum absolute atomic E-state index is 15.1. The highest BCUT2D eigenvalue weighted by molar-refractivity contribution is 5.79. The van der Waals surface area contributed by atoms with E-state index in [1.54, 1.807) is 46.1 Å². The predicted molar refractivity (Wildman–Crippen MR) is 119 cm³/mol. The summed E-state index contributed by atoms with van der Waals surface area (Å²) < 4.78 is 38.5. The lowest BCUT2D eigenvalue weighted by Gasteiger charge is -2.50. The lowest BCUT2D eigenvalue weighted by molar-refractivity contribution is -0.155. The molecule has 0 saturated carbocycles. The van der Waals surface area contributed by atoms with Crippen molar-refractivity contribution in [2.45, 2.75) is 32.4 Å². The number of halogens is 2. The maximum Gasteiger partial charge on any atom is 0.249 e. The SMILES string of the molecule is CC1C(Cn2ncc3cnc(Nc4cnn(C)c4)nc32)C(F)=C(F)CC1(C)N1CCOCC1=O. The largest absolute Gasteiger partial charge is 0.370 e. The van der Waals surface area contributed by atoms with Gasteiger partial charge in [0.2, 0.25) is 11.9 Å². The van der Waals surface area contributed by atoms with Gasteiger partial charge in [-0.2, -0.15) is 15.2 Å². The van der Waals surface area contributed by atoms with E-state index in [0.717, 1.165) is 5.69 Å². The molecule has 3 aromatic rings. The number of rotatable bonds is 5. The van der Waals surface area contributed by atoms with Gasteiger partial charge in [-0.05, 0) is 12.8 Å². The second kappa shape index (κ2) is 8.42. The Morgan fingerprint density at radius 1 is 1.26 bits per heavy atom. The highest BCUT2D eigenvalue weighted by Gasteiger charge is 2.50. The van der Waals surface area contributed by atoms with Gasteiger partial charge in [-0.25, -0.2) is 18.4 Å². The molecule has 1 N–H and O–H groups in total. The van der Waals surface area contributed by atoms with Crippen LogP contribution in [0.4, 0.5) is 20.4 Å². The number of hydrogen-bond acceptors (Lipinski definition) is 7. The number of amides is 1. The van der Waals surface area contributed by atoms with E-state index in [9.17, 15) is 9.18 Å². The van der Waals surface area contributed by atoms with Crippen LogP contribution < -0.4 is 5.32 Å². The van der Waals surface area contributed by atoms with Crippen molar-refractivity contribution in [3.8, 4) is 0 Å². The Balaban J connectivity index is 1.45. The lowest BCUT2D eigenvalue weighted by Crippen LogP contribution is -2.60. The van der Waals surface area contributed by atoms with Crippen molar-refractivity contribution in [1.29, 1.82) is 0 Å². The predicted octanol–water partition coefficient (Wildman–Crippen LogP) is 2.73. The minimum atomic E-state index is -0.879. The van der Waals surface area contributed by atoms with E-state index in [4.69, 9.17) is 4.74 Å². The minimum Gasteiger partial charge on any atom is -0.370 e. The molecule has 3 aromatic heterocycles. The highest BCUT2D eigenvalue weighted by atomic mass is 19.2. The third-order valence-electron chi connectivity index (χ3n) is 6.99. The van der Waals surface area contributed by atoms with Gasteiger partial charge in [-0.3, -0.25) is 9.48 Å². The second-order valence-corrected chi connectivity index (χ2v) is 9.11. The molecule has 0 bridgehead atoms. The summed E-state index contributed by atoms with van der Waals surface area (Å²) in [4.78, 5) is 23.0. The number of ether oxygens (including phenoxy) is 1. The molecule has 180 valence electrons. The molecule has 1 saturated heterocycles. The number of nitrogens with one attached hydrogen (secondary N) is 1. The average molecular weight is 473 g/mol. The Hall–Kier alpha value is -3.41. The van der Waals surface area contributed by atoms with Crippen LogP contribution in [0.5, 0.6) is 0 Å². The normalized spacial score (nSPS) is 25.9. The van der Waals surface area contributed by atoms with Crippen LogP contribution in [0.25, 0.3) is 11.0 Å². The molecule has 1 amide bonds. The number of fused-ring (bicyclic) bond motifs is 1. The van der Waals surface area contributed by atoms with Gasteiger partial charge < -0.3 is 15.0 Å². The van der Waals surface area contributed by atoms with Crippen molar-refractivity contribution in [2.24, 2.45) is 18.9 Å². The smallest absolute Gasteiger partial charge is 0.249 e. The van der Waals surface area contributed by atoms with Crippen molar-refractivity contribution in [3.05, 3.63) is 36.4 Å². The molecule has 0 aromatic carbocycles. The Morgan fingerprint density at radius 3 is 2.82 bits per heavy atom. The van der Waals surface area contributed by atoms with E-state index < -0.39 is 23.1 Å². The number of hydrogen-bond donors (Lipinski definition) is 1. The van der Waals surface area contributed by atoms with Crippen LogP contribution in [0.1, 0.15) is 20.3 Å². The molecule has 3 unspecified atom stereocenters. The van der Waals surface area contributed by atoms with E-state index >= 15 is 4.39 Å². The Labute approximate surface area is 194 Å². The van der Waals surface area contributed by atoms with Crippen LogP contribution in [-0.4, -0.2) is 65.6 Å². The average Bonchev–Trinajstić information content (AvgIpc) is 3.41. The van der Waals surface area contributed by atoms with Crippen LogP contribution >= 0.6 is 0 Å². The van der Waals surface area contributed by atoms with Crippen molar-refractivity contribution in [2.75, 3.05) is 25.1 Å². The van der Waals surface area contributed by atoms with Crippen LogP contribution in [0.3, 0.4) is 0 Å². The summed E-state index contributed by atoms with van der Waals surface area (Å²) >= 11 is 0. The third kappa shape index (κ3) is 3.81. The van der Waals surface area contributed by atoms with E-state index in [1.165, 1.54) is 0 Å². The van der Waals surface area contributed by atoms with Gasteiger partial charge in [0, 0.05) is 43.9 Å². The third-order valence-corrected chi connectivity index (χ3v) is 6.99. The number of nitrogens with zero attached hydrogens (tertiary/aromatic N) is 7. The van der Waals surface area contributed by atoms with Crippen LogP contribution in [0.2, 0.25) is 0 Å². The number of carbonyl (C=O) groups excluding carboxylic acids is 1. The Bertz CT molecular complexity index is 1270. The maximum atomic E-state index is 15.1. The summed E-state index contributed by atoms with van der Waals surface area (Å²) in [5.41, 5.74) is 0.336. The lowest BCUT2D eigenvalue weighted by atomic mass is 9.70. The molecule has 1 aliphatic heterocycles. The molecule has 1 aliphatic carbocycles. The summed E-state index contributed by atoms with van der Waals surface area (Å²) in [7, 11) is 1.80. The van der Waals surface area contributed by atoms with Crippen molar-refractivity contribution in [1.82, 2.24) is 34.4 Å². The number of allylic oxidation sites excluding steroid dienone is 1. The van der Waals surface area contributed by atoms with Crippen LogP contribution in [-0.2, 0) is 23.1 Å². The number of anilines is 2. The van der Waals surface area contributed by atoms with Gasteiger partial charge in [0.25, 0.3) is 0 Å². The molecule has 12 heteroatoms. The van der Waals surface area contributed by atoms with E-state index in [2.05, 4.69) is 25.5 Å². The zero-order valence-electron chi connectivity index (χ0n) is 19.2. The van der Waals surface area contributed by atoms with Crippen molar-refractivity contribution < 1.29 is 18.3 Å². The molecule has 1 fully saturated rings. The fraction of sp³-hybridized carbons (Fsp3) is 0.500. The number of morpholine rings is 1. The minimum absolute atomic E-state index is 0.0474. The van der Waals surface area contributed by atoms with Gasteiger partial charge in [0.1, 0.15) is 18.3 Å². The van der Waals surface area contributed by atoms with Gasteiger partial charge in [-0.15, -0.1) is 0 Å². The first-order chi connectivity index (χ1) is 16.3. The Morgan fingerprint density at radius 2 is 2.09 bits per heavy atom. The standard InChI is InChI=1S/C22H26F2N8O2/c1-13-16(19(24)17(23)6-22(13,2)31-4-5-34-12-18(31)33)11-32-20-14(8-27-32)7-25-21(29-20)28-15-9-26-30(3)10-15/h7-10,13,16H,4-6,11-12H2,1-3H3,(H,25,28,29). The first-order valence-electron chi connectivity index (χ1n) is 11.1. The van der Waals surface area contributed by atoms with Crippen molar-refractivity contribution >= 4 is 28.6 Å². The van der Waals surface area contributed by atoms with Gasteiger partial charge in [-0.1, -0.05) is 6.92 Å². The number of aryl methyl sites for hydroxylation is 1. The first kappa shape index (κ1) is 22.4. The van der Waals surface area contributed by atoms with Gasteiger partial charge in [0.05, 0.1) is 36.6 Å². The molecule has 0 spiro atoms. The van der Waals surface area contributed by atoms with Crippen molar-refractivity contribution in [3.63, 3.8) is 0 Å². The van der Waals surface area contributed by atoms with E-state index in [1.807, 2.05) is 13.8 Å². The zero-order valence-corrected chi connectivity index (χ0v) is 19.2. The summed E-state index contributed by atoms with van der Waals surface area (Å²) in [6.07, 6.45) is 6.48. The molecule has 3 atom stereocenters. The molecule has 34 heavy (non-hydrogen) atoms. The molecule has 4 heterocycles. The molecular weight excluding hydrogens is 446 g/mol. The molecule has 0 radical (unpaired) electrons. The zero-order chi connectivity index (χ0) is 24.0. The van der Waals surface area contributed by atoms with E-state index in [-0.39, 0.29) is 31.4 Å². The van der Waals surface area contributed by atoms with E-state index in [0.29, 0.717) is 30.1 Å². The summed E-state index contributed by atoms with van der Waals surface area (Å²) in [6, 6.07) is 0. The molecule has 2 aliphatic rings. The Kier molecular flexibility index (Phi) is 5.54. The number of aromatic nitrogens is 6. The quantitative estimate of drug-likeness (QED) is 0.609. The first-order valence-corrected chi connectivity index (χ1v) is 11.1. The molecule has 5 rings (SSSR count). The van der Waals surface area contributed by atoms with Gasteiger partial charge >= 0.3 is 0 Å². The fourth-order valence-electron chi connectivity index (χ4n) is 4.91. The molecule has 10 nitrogen and oxygen atoms in total. The highest BCUT2D eigenvalue weighted by Crippen LogP contribution is 2.46. The van der Waals surface area contributed by atoms with Crippen LogP contribution in [0.15, 0.2) is 36.4 Å². The topological polar surface area (TPSA) is 103 Å². The summed E-state index contributed by atoms with van der Waals surface area (Å²) in [5.74, 6) is -2.68. The fourth-order valence-corrected chi connectivity index (χ4v) is 4.91. The summed E-state index contributed by atoms with van der Waals surface area (Å²) in [6.45, 7) is 4.42. The number of carbonyl (C=O) groups is 1. The second-order valence-electron chi connectivity index (χ2n) is 9.11. The molecular formula is C22H26F2N8O2. The van der Waals surface area contributed by atoms with Crippen LogP contribution in [0, 0.1) is 11.8 Å².